The van der Waals surface area contributed by atoms with Gasteiger partial charge in [-0.2, -0.15) is 0 Å². The molecule has 15 heavy (non-hydrogen) atoms. The van der Waals surface area contributed by atoms with Crippen LogP contribution in [0.5, 0.6) is 0 Å². The van der Waals surface area contributed by atoms with Crippen LogP contribution >= 0.6 is 15.9 Å². The summed E-state index contributed by atoms with van der Waals surface area (Å²) in [5.74, 6) is 0. The Labute approximate surface area is 94.2 Å². The first kappa shape index (κ1) is 9.92. The van der Waals surface area contributed by atoms with E-state index in [4.69, 9.17) is 0 Å². The fraction of sp³-hybridized carbons (Fsp3) is 0. The topological polar surface area (TPSA) is 58.9 Å². The molecule has 0 fully saturated rings. The Morgan fingerprint density at radius 2 is 1.87 bits per heavy atom. The van der Waals surface area contributed by atoms with Crippen molar-refractivity contribution in [2.24, 2.45) is 0 Å². The van der Waals surface area contributed by atoms with E-state index in [-0.39, 0.29) is 5.69 Å². The third-order valence-corrected chi connectivity index (χ3v) is 2.60. The van der Waals surface area contributed by atoms with E-state index in [2.05, 4.69) is 20.9 Å². The first-order valence-corrected chi connectivity index (χ1v) is 5.05. The largest absolute Gasteiger partial charge is 0.361 e. The molecule has 5 heteroatoms. The van der Waals surface area contributed by atoms with Crippen molar-refractivity contribution >= 4 is 21.6 Å². The molecule has 4 nitrogen and oxygen atoms in total. The fourth-order valence-corrected chi connectivity index (χ4v) is 1.63. The van der Waals surface area contributed by atoms with Gasteiger partial charge in [0.15, 0.2) is 0 Å². The molecule has 1 aromatic heterocycles. The van der Waals surface area contributed by atoms with Crippen LogP contribution in [0.4, 0.5) is 5.69 Å². The van der Waals surface area contributed by atoms with Crippen molar-refractivity contribution in [1.29, 1.82) is 0 Å². The van der Waals surface area contributed by atoms with E-state index in [1.54, 1.807) is 6.20 Å². The maximum absolute atomic E-state index is 10.7. The molecule has 1 aromatic carbocycles. The lowest BCUT2D eigenvalue weighted by Crippen LogP contribution is -1.87. The Morgan fingerprint density at radius 1 is 1.20 bits per heavy atom. The lowest BCUT2D eigenvalue weighted by atomic mass is 10.1. The highest BCUT2D eigenvalue weighted by Gasteiger charge is 2.15. The van der Waals surface area contributed by atoms with Gasteiger partial charge in [-0.25, -0.2) is 0 Å². The number of nitrogens with one attached hydrogen (secondary N) is 1. The van der Waals surface area contributed by atoms with Gasteiger partial charge in [-0.05, 0) is 17.7 Å². The number of hydrogen-bond donors (Lipinski definition) is 1. The molecular weight excluding hydrogens is 260 g/mol. The SMILES string of the molecule is O=[N+]([O-])c1c[nH]cc1-c1ccc(Br)cc1. The summed E-state index contributed by atoms with van der Waals surface area (Å²) in [5.41, 5.74) is 1.52. The van der Waals surface area contributed by atoms with Crippen molar-refractivity contribution in [3.8, 4) is 11.1 Å². The Morgan fingerprint density at radius 3 is 2.47 bits per heavy atom. The molecule has 2 rings (SSSR count). The molecule has 76 valence electrons. The molecule has 0 atom stereocenters. The van der Waals surface area contributed by atoms with Gasteiger partial charge in [0.05, 0.1) is 16.7 Å². The third-order valence-electron chi connectivity index (χ3n) is 2.08. The summed E-state index contributed by atoms with van der Waals surface area (Å²) >= 11 is 3.31. The average molecular weight is 267 g/mol. The quantitative estimate of drug-likeness (QED) is 0.670. The van der Waals surface area contributed by atoms with Gasteiger partial charge in [0.2, 0.25) is 0 Å². The standard InChI is InChI=1S/C10H7BrN2O2/c11-8-3-1-7(2-4-8)9-5-12-6-10(9)13(14)15/h1-6,12H. The number of H-pyrrole nitrogens is 1. The number of hydrogen-bond acceptors (Lipinski definition) is 2. The number of aromatic nitrogens is 1. The molecule has 0 unspecified atom stereocenters. The minimum absolute atomic E-state index is 0.0947. The molecule has 0 bridgehead atoms. The van der Waals surface area contributed by atoms with Gasteiger partial charge in [-0.3, -0.25) is 10.1 Å². The monoisotopic (exact) mass is 266 g/mol. The van der Waals surface area contributed by atoms with Gasteiger partial charge < -0.3 is 4.98 Å². The first-order chi connectivity index (χ1) is 7.18. The predicted molar refractivity (Wildman–Crippen MR) is 60.6 cm³/mol. The smallest absolute Gasteiger partial charge is 0.294 e. The molecule has 2 aromatic rings. The van der Waals surface area contributed by atoms with E-state index >= 15 is 0 Å². The molecule has 0 aliphatic rings. The van der Waals surface area contributed by atoms with E-state index in [0.717, 1.165) is 10.0 Å². The second kappa shape index (κ2) is 3.86. The maximum Gasteiger partial charge on any atom is 0.294 e. The van der Waals surface area contributed by atoms with E-state index in [9.17, 15) is 10.1 Å². The van der Waals surface area contributed by atoms with Gasteiger partial charge in [0.1, 0.15) is 0 Å². The van der Waals surface area contributed by atoms with Crippen LogP contribution in [0.3, 0.4) is 0 Å². The number of rotatable bonds is 2. The van der Waals surface area contributed by atoms with Crippen molar-refractivity contribution in [3.05, 3.63) is 51.2 Å². The highest BCUT2D eigenvalue weighted by atomic mass is 79.9. The van der Waals surface area contributed by atoms with Crippen LogP contribution in [0.2, 0.25) is 0 Å². The van der Waals surface area contributed by atoms with E-state index < -0.39 is 4.92 Å². The summed E-state index contributed by atoms with van der Waals surface area (Å²) in [6, 6.07) is 7.37. The lowest BCUT2D eigenvalue weighted by Gasteiger charge is -1.97. The van der Waals surface area contributed by atoms with Crippen LogP contribution < -0.4 is 0 Å². The second-order valence-corrected chi connectivity index (χ2v) is 3.93. The van der Waals surface area contributed by atoms with Crippen LogP contribution in [0, 0.1) is 10.1 Å². The van der Waals surface area contributed by atoms with Gasteiger partial charge in [-0.1, -0.05) is 28.1 Å². The molecule has 0 spiro atoms. The van der Waals surface area contributed by atoms with Gasteiger partial charge in [0.25, 0.3) is 5.69 Å². The van der Waals surface area contributed by atoms with Crippen molar-refractivity contribution < 1.29 is 4.92 Å². The average Bonchev–Trinajstić information content (AvgIpc) is 2.67. The highest BCUT2D eigenvalue weighted by Crippen LogP contribution is 2.29. The van der Waals surface area contributed by atoms with E-state index in [1.807, 2.05) is 24.3 Å². The predicted octanol–water partition coefficient (Wildman–Crippen LogP) is 3.35. The van der Waals surface area contributed by atoms with Crippen molar-refractivity contribution in [2.75, 3.05) is 0 Å². The number of aromatic amines is 1. The highest BCUT2D eigenvalue weighted by molar-refractivity contribution is 9.10. The summed E-state index contributed by atoms with van der Waals surface area (Å²) in [7, 11) is 0. The van der Waals surface area contributed by atoms with Crippen LogP contribution in [0.1, 0.15) is 0 Å². The Balaban J connectivity index is 2.49. The molecule has 0 saturated heterocycles. The van der Waals surface area contributed by atoms with Crippen LogP contribution in [-0.2, 0) is 0 Å². The Kier molecular flexibility index (Phi) is 2.55. The normalized spacial score (nSPS) is 10.2. The Bertz CT molecular complexity index is 490. The van der Waals surface area contributed by atoms with Gasteiger partial charge in [0, 0.05) is 10.7 Å². The molecule has 0 amide bonds. The van der Waals surface area contributed by atoms with Crippen LogP contribution in [0.25, 0.3) is 11.1 Å². The van der Waals surface area contributed by atoms with E-state index in [0.29, 0.717) is 5.56 Å². The molecule has 0 aliphatic carbocycles. The summed E-state index contributed by atoms with van der Waals surface area (Å²) in [4.78, 5) is 13.0. The van der Waals surface area contributed by atoms with Gasteiger partial charge >= 0.3 is 0 Å². The minimum atomic E-state index is -0.395. The second-order valence-electron chi connectivity index (χ2n) is 3.02. The van der Waals surface area contributed by atoms with Crippen molar-refractivity contribution in [1.82, 2.24) is 4.98 Å². The third kappa shape index (κ3) is 1.92. The van der Waals surface area contributed by atoms with Crippen molar-refractivity contribution in [2.45, 2.75) is 0 Å². The summed E-state index contributed by atoms with van der Waals surface area (Å²) < 4.78 is 0.949. The molecular formula is C10H7BrN2O2. The zero-order valence-electron chi connectivity index (χ0n) is 7.61. The van der Waals surface area contributed by atoms with E-state index in [1.165, 1.54) is 6.20 Å². The Hall–Kier alpha value is -1.62. The molecule has 1 heterocycles. The molecule has 0 saturated carbocycles. The number of nitro groups is 1. The fourth-order valence-electron chi connectivity index (χ4n) is 1.37. The van der Waals surface area contributed by atoms with Gasteiger partial charge in [-0.15, -0.1) is 0 Å². The van der Waals surface area contributed by atoms with Crippen LogP contribution in [-0.4, -0.2) is 9.91 Å². The zero-order valence-corrected chi connectivity index (χ0v) is 9.19. The first-order valence-electron chi connectivity index (χ1n) is 4.25. The lowest BCUT2D eigenvalue weighted by molar-refractivity contribution is -0.384. The maximum atomic E-state index is 10.7. The zero-order chi connectivity index (χ0) is 10.8. The number of halogens is 1. The number of nitrogens with zero attached hydrogens (tertiary/aromatic N) is 1. The summed E-state index contributed by atoms with van der Waals surface area (Å²) in [6.07, 6.45) is 3.01. The molecule has 0 aliphatic heterocycles. The summed E-state index contributed by atoms with van der Waals surface area (Å²) in [6.45, 7) is 0. The van der Waals surface area contributed by atoms with Crippen LogP contribution in [0.15, 0.2) is 41.1 Å². The molecule has 1 N–H and O–H groups in total. The van der Waals surface area contributed by atoms with Crippen molar-refractivity contribution in [3.63, 3.8) is 0 Å². The number of benzene rings is 1. The minimum Gasteiger partial charge on any atom is -0.361 e. The summed E-state index contributed by atoms with van der Waals surface area (Å²) in [5, 5.41) is 10.7. The molecule has 0 radical (unpaired) electrons.